The Bertz CT molecular complexity index is 1260. The molecular weight excluding hydrogens is 438 g/mol. The lowest BCUT2D eigenvalue weighted by atomic mass is 10.00. The van der Waals surface area contributed by atoms with Crippen LogP contribution in [0.4, 0.5) is 11.8 Å². The third-order valence-corrected chi connectivity index (χ3v) is 6.48. The van der Waals surface area contributed by atoms with E-state index in [1.165, 1.54) is 5.56 Å². The number of fused-ring (bicyclic) bond motifs is 1. The van der Waals surface area contributed by atoms with E-state index in [-0.39, 0.29) is 0 Å². The van der Waals surface area contributed by atoms with E-state index in [9.17, 15) is 0 Å². The molecule has 2 aromatic carbocycles. The predicted octanol–water partition coefficient (Wildman–Crippen LogP) is 3.99. The molecule has 3 N–H and O–H groups in total. The molecule has 0 radical (unpaired) electrons. The van der Waals surface area contributed by atoms with Crippen LogP contribution in [0.3, 0.4) is 0 Å². The van der Waals surface area contributed by atoms with Crippen molar-refractivity contribution in [3.8, 4) is 11.3 Å². The SMILES string of the molecule is CC(C)c1ccc(-c2nc(NCCN3CCOCC3)nc3nn(Cc4ccccc4)c(N)c23)cc1. The number of rotatable bonds is 8. The standard InChI is InChI=1S/C27H33N7O/c1-19(2)21-8-10-22(11-9-21)24-23-25(28)34(18-20-6-4-3-5-7-20)32-26(23)31-27(30-24)29-12-13-33-14-16-35-17-15-33/h3-11,19H,12-18,28H2,1-2H3,(H,29,31,32). The van der Waals surface area contributed by atoms with Crippen molar-refractivity contribution in [2.24, 2.45) is 0 Å². The van der Waals surface area contributed by atoms with Crippen LogP contribution in [-0.4, -0.2) is 64.0 Å². The molecule has 8 heteroatoms. The number of hydrogen-bond acceptors (Lipinski definition) is 7. The molecule has 5 rings (SSSR count). The van der Waals surface area contributed by atoms with Gasteiger partial charge >= 0.3 is 0 Å². The van der Waals surface area contributed by atoms with E-state index in [1.807, 2.05) is 22.9 Å². The Labute approximate surface area is 206 Å². The lowest BCUT2D eigenvalue weighted by molar-refractivity contribution is 0.0398. The normalized spacial score (nSPS) is 14.6. The van der Waals surface area contributed by atoms with Crippen LogP contribution < -0.4 is 11.1 Å². The average molecular weight is 472 g/mol. The molecule has 2 aromatic heterocycles. The van der Waals surface area contributed by atoms with Crippen LogP contribution in [0.5, 0.6) is 0 Å². The molecule has 0 amide bonds. The molecule has 1 aliphatic rings. The van der Waals surface area contributed by atoms with E-state index in [0.717, 1.165) is 61.6 Å². The fraction of sp³-hybridized carbons (Fsp3) is 0.370. The van der Waals surface area contributed by atoms with Crippen molar-refractivity contribution in [2.75, 3.05) is 50.4 Å². The highest BCUT2D eigenvalue weighted by atomic mass is 16.5. The number of anilines is 2. The molecule has 182 valence electrons. The molecule has 0 spiro atoms. The van der Waals surface area contributed by atoms with Crippen LogP contribution in [0, 0.1) is 0 Å². The molecule has 1 saturated heterocycles. The van der Waals surface area contributed by atoms with Crippen molar-refractivity contribution in [3.63, 3.8) is 0 Å². The molecule has 0 saturated carbocycles. The minimum atomic E-state index is 0.463. The van der Waals surface area contributed by atoms with Gasteiger partial charge in [0.15, 0.2) is 5.65 Å². The largest absolute Gasteiger partial charge is 0.383 e. The Balaban J connectivity index is 1.49. The van der Waals surface area contributed by atoms with Crippen molar-refractivity contribution in [1.29, 1.82) is 0 Å². The molecule has 0 bridgehead atoms. The summed E-state index contributed by atoms with van der Waals surface area (Å²) < 4.78 is 7.26. The van der Waals surface area contributed by atoms with E-state index >= 15 is 0 Å². The minimum Gasteiger partial charge on any atom is -0.383 e. The van der Waals surface area contributed by atoms with Gasteiger partial charge in [0.05, 0.1) is 30.8 Å². The molecule has 4 aromatic rings. The van der Waals surface area contributed by atoms with Gasteiger partial charge in [0.2, 0.25) is 5.95 Å². The number of nitrogens with one attached hydrogen (secondary N) is 1. The van der Waals surface area contributed by atoms with Gasteiger partial charge in [-0.05, 0) is 17.0 Å². The third-order valence-electron chi connectivity index (χ3n) is 6.48. The van der Waals surface area contributed by atoms with Gasteiger partial charge in [-0.15, -0.1) is 5.10 Å². The summed E-state index contributed by atoms with van der Waals surface area (Å²) in [6.07, 6.45) is 0. The second kappa shape index (κ2) is 10.4. The Morgan fingerprint density at radius 1 is 1.00 bits per heavy atom. The molecule has 1 fully saturated rings. The van der Waals surface area contributed by atoms with Gasteiger partial charge in [-0.3, -0.25) is 4.90 Å². The van der Waals surface area contributed by atoms with Crippen LogP contribution in [-0.2, 0) is 11.3 Å². The fourth-order valence-electron chi connectivity index (χ4n) is 4.40. The summed E-state index contributed by atoms with van der Waals surface area (Å²) in [5.41, 5.74) is 11.5. The second-order valence-corrected chi connectivity index (χ2v) is 9.28. The molecule has 0 atom stereocenters. The van der Waals surface area contributed by atoms with Crippen molar-refractivity contribution < 1.29 is 4.74 Å². The van der Waals surface area contributed by atoms with Gasteiger partial charge in [0.25, 0.3) is 0 Å². The maximum Gasteiger partial charge on any atom is 0.225 e. The molecule has 35 heavy (non-hydrogen) atoms. The van der Waals surface area contributed by atoms with Crippen molar-refractivity contribution in [3.05, 3.63) is 65.7 Å². The maximum atomic E-state index is 6.63. The summed E-state index contributed by atoms with van der Waals surface area (Å²) in [5, 5.41) is 8.97. The monoisotopic (exact) mass is 471 g/mol. The van der Waals surface area contributed by atoms with Crippen molar-refractivity contribution in [2.45, 2.75) is 26.3 Å². The zero-order chi connectivity index (χ0) is 24.2. The first-order valence-corrected chi connectivity index (χ1v) is 12.3. The smallest absolute Gasteiger partial charge is 0.225 e. The second-order valence-electron chi connectivity index (χ2n) is 9.28. The Morgan fingerprint density at radius 3 is 2.46 bits per heavy atom. The number of aromatic nitrogens is 4. The number of benzene rings is 2. The molecular formula is C27H33N7O. The summed E-state index contributed by atoms with van der Waals surface area (Å²) in [5.74, 6) is 1.61. The fourth-order valence-corrected chi connectivity index (χ4v) is 4.40. The minimum absolute atomic E-state index is 0.463. The predicted molar refractivity (Wildman–Crippen MR) is 141 cm³/mol. The van der Waals surface area contributed by atoms with E-state index in [2.05, 4.69) is 60.5 Å². The van der Waals surface area contributed by atoms with Crippen molar-refractivity contribution >= 4 is 22.8 Å². The first kappa shape index (κ1) is 23.3. The lowest BCUT2D eigenvalue weighted by Gasteiger charge is -2.26. The van der Waals surface area contributed by atoms with E-state index in [4.69, 9.17) is 25.5 Å². The van der Waals surface area contributed by atoms with Crippen LogP contribution in [0.25, 0.3) is 22.3 Å². The summed E-state index contributed by atoms with van der Waals surface area (Å²) in [7, 11) is 0. The molecule has 8 nitrogen and oxygen atoms in total. The Hall–Kier alpha value is -3.49. The molecule has 3 heterocycles. The third kappa shape index (κ3) is 5.28. The first-order chi connectivity index (χ1) is 17.1. The number of nitrogens with zero attached hydrogens (tertiary/aromatic N) is 5. The zero-order valence-electron chi connectivity index (χ0n) is 20.4. The molecule has 0 unspecified atom stereocenters. The number of morpholine rings is 1. The van der Waals surface area contributed by atoms with Gasteiger partial charge in [0.1, 0.15) is 5.82 Å². The highest BCUT2D eigenvalue weighted by Gasteiger charge is 2.19. The Kier molecular flexibility index (Phi) is 6.92. The maximum absolute atomic E-state index is 6.63. The highest BCUT2D eigenvalue weighted by molar-refractivity contribution is 5.99. The first-order valence-electron chi connectivity index (χ1n) is 12.3. The van der Waals surface area contributed by atoms with E-state index < -0.39 is 0 Å². The van der Waals surface area contributed by atoms with Gasteiger partial charge in [0, 0.05) is 31.7 Å². The van der Waals surface area contributed by atoms with Crippen LogP contribution in [0.1, 0.15) is 30.9 Å². The number of nitrogens with two attached hydrogens (primary N) is 1. The van der Waals surface area contributed by atoms with Crippen LogP contribution >= 0.6 is 0 Å². The van der Waals surface area contributed by atoms with Gasteiger partial charge in [-0.1, -0.05) is 68.4 Å². The molecule has 0 aliphatic carbocycles. The van der Waals surface area contributed by atoms with Crippen molar-refractivity contribution in [1.82, 2.24) is 24.6 Å². The summed E-state index contributed by atoms with van der Waals surface area (Å²) in [6, 6.07) is 18.7. The summed E-state index contributed by atoms with van der Waals surface area (Å²) in [4.78, 5) is 12.0. The molecule has 1 aliphatic heterocycles. The van der Waals surface area contributed by atoms with Crippen LogP contribution in [0.15, 0.2) is 54.6 Å². The van der Waals surface area contributed by atoms with Crippen LogP contribution in [0.2, 0.25) is 0 Å². The van der Waals surface area contributed by atoms with E-state index in [1.54, 1.807) is 0 Å². The lowest BCUT2D eigenvalue weighted by Crippen LogP contribution is -2.39. The number of ether oxygens (including phenoxy) is 1. The summed E-state index contributed by atoms with van der Waals surface area (Å²) in [6.45, 7) is 10.1. The number of hydrogen-bond donors (Lipinski definition) is 2. The Morgan fingerprint density at radius 2 is 1.74 bits per heavy atom. The topological polar surface area (TPSA) is 94.1 Å². The zero-order valence-corrected chi connectivity index (χ0v) is 20.4. The van der Waals surface area contributed by atoms with Gasteiger partial charge in [-0.2, -0.15) is 4.98 Å². The summed E-state index contributed by atoms with van der Waals surface area (Å²) >= 11 is 0. The van der Waals surface area contributed by atoms with Gasteiger partial charge < -0.3 is 15.8 Å². The average Bonchev–Trinajstić information content (AvgIpc) is 3.19. The number of nitrogen functional groups attached to an aromatic ring is 1. The highest BCUT2D eigenvalue weighted by Crippen LogP contribution is 2.32. The quantitative estimate of drug-likeness (QED) is 0.401. The van der Waals surface area contributed by atoms with Gasteiger partial charge in [-0.25, -0.2) is 9.67 Å². The van der Waals surface area contributed by atoms with E-state index in [0.29, 0.717) is 29.9 Å².